The summed E-state index contributed by atoms with van der Waals surface area (Å²) >= 11 is 0. The predicted molar refractivity (Wildman–Crippen MR) is 105 cm³/mol. The molecule has 26 heavy (non-hydrogen) atoms. The molecule has 0 spiro atoms. The quantitative estimate of drug-likeness (QED) is 0.672. The number of methoxy groups -OCH3 is 2. The van der Waals surface area contributed by atoms with Gasteiger partial charge in [-0.15, -0.1) is 0 Å². The Morgan fingerprint density at radius 1 is 1.19 bits per heavy atom. The Morgan fingerprint density at radius 2 is 2.04 bits per heavy atom. The molecular formula is C22H30O4. The first kappa shape index (κ1) is 10.2. The summed E-state index contributed by atoms with van der Waals surface area (Å²) in [4.78, 5) is 0. The Balaban J connectivity index is 2.14. The molecule has 0 aliphatic carbocycles. The van der Waals surface area contributed by atoms with Crippen LogP contribution < -0.4 is 14.2 Å². The van der Waals surface area contributed by atoms with Crippen molar-refractivity contribution >= 4 is 0 Å². The molecule has 0 fully saturated rings. The molecule has 0 aliphatic rings. The smallest absolute Gasteiger partial charge is 0.160 e. The molecule has 1 unspecified atom stereocenters. The molecule has 1 atom stereocenters. The molecule has 0 saturated carbocycles. The molecule has 2 aromatic carbocycles. The average molecular weight is 369 g/mol. The Kier molecular flexibility index (Phi) is 3.96. The van der Waals surface area contributed by atoms with Gasteiger partial charge in [0.2, 0.25) is 0 Å². The molecule has 0 saturated heterocycles. The first-order valence-electron chi connectivity index (χ1n) is 13.2. The van der Waals surface area contributed by atoms with E-state index in [4.69, 9.17) is 27.9 Å². The van der Waals surface area contributed by atoms with E-state index in [-0.39, 0.29) is 54.0 Å². The summed E-state index contributed by atoms with van der Waals surface area (Å²) in [5.41, 5.74) is 0.791. The summed E-state index contributed by atoms with van der Waals surface area (Å²) in [5.74, 6) is -0.369. The maximum Gasteiger partial charge on any atom is 0.160 e. The first-order valence-corrected chi connectivity index (χ1v) is 8.18. The minimum Gasteiger partial charge on any atom is -0.493 e. The Bertz CT molecular complexity index is 1060. The summed E-state index contributed by atoms with van der Waals surface area (Å²) in [7, 11) is -1.54. The minimum absolute atomic E-state index is 0.0449. The molecule has 4 nitrogen and oxygen atoms in total. The van der Waals surface area contributed by atoms with Crippen LogP contribution in [0.1, 0.15) is 49.6 Å². The van der Waals surface area contributed by atoms with Crippen LogP contribution in [0, 0.1) is 13.8 Å². The van der Waals surface area contributed by atoms with Crippen molar-refractivity contribution < 1.29 is 33.0 Å². The van der Waals surface area contributed by atoms with Crippen LogP contribution in [0.25, 0.3) is 0 Å². The largest absolute Gasteiger partial charge is 0.493 e. The summed E-state index contributed by atoms with van der Waals surface area (Å²) in [6.07, 6.45) is -6.96. The highest BCUT2D eigenvalue weighted by molar-refractivity contribution is 5.42. The van der Waals surface area contributed by atoms with Gasteiger partial charge in [0.15, 0.2) is 11.5 Å². The molecule has 142 valence electrons. The van der Waals surface area contributed by atoms with Gasteiger partial charge in [-0.3, -0.25) is 0 Å². The van der Waals surface area contributed by atoms with Gasteiger partial charge < -0.3 is 19.3 Å². The standard InChI is InChI=1S/C22H30O4/c1-16-9-11-20(13-17(16)2)26-15-19(23)8-6-5-7-18-10-12-21(24-3)22(14-18)25-4/h9-14,19,23H,5-8,15H2,1-4H3/i4D3,5D2,7D2,9D,11D,13D. The van der Waals surface area contributed by atoms with Gasteiger partial charge in [0.25, 0.3) is 0 Å². The van der Waals surface area contributed by atoms with E-state index >= 15 is 0 Å². The van der Waals surface area contributed by atoms with Crippen LogP contribution in [-0.4, -0.2) is 32.0 Å². The maximum atomic E-state index is 10.3. The number of hydrogen-bond acceptors (Lipinski definition) is 4. The number of aliphatic hydroxyl groups excluding tert-OH is 1. The van der Waals surface area contributed by atoms with Crippen molar-refractivity contribution in [3.05, 3.63) is 53.0 Å². The molecule has 0 amide bonds. The van der Waals surface area contributed by atoms with E-state index in [1.807, 2.05) is 0 Å². The Labute approximate surface area is 170 Å². The van der Waals surface area contributed by atoms with E-state index in [1.165, 1.54) is 19.2 Å². The van der Waals surface area contributed by atoms with Crippen LogP contribution in [0.3, 0.4) is 0 Å². The summed E-state index contributed by atoms with van der Waals surface area (Å²) in [5, 5.41) is 10.3. The van der Waals surface area contributed by atoms with E-state index < -0.39 is 32.3 Å². The second-order valence-electron chi connectivity index (χ2n) is 5.73. The van der Waals surface area contributed by atoms with E-state index in [9.17, 15) is 5.11 Å². The topological polar surface area (TPSA) is 47.9 Å². The fraction of sp³-hybridized carbons (Fsp3) is 0.455. The predicted octanol–water partition coefficient (Wildman–Crippen LogP) is 4.47. The van der Waals surface area contributed by atoms with Gasteiger partial charge in [0.1, 0.15) is 12.4 Å². The molecular weight excluding hydrogens is 328 g/mol. The fourth-order valence-electron chi connectivity index (χ4n) is 2.11. The zero-order valence-corrected chi connectivity index (χ0v) is 15.1. The number of rotatable bonds is 10. The summed E-state index contributed by atoms with van der Waals surface area (Å²) in [6.45, 7) is 2.88. The molecule has 2 rings (SSSR count). The lowest BCUT2D eigenvalue weighted by Gasteiger charge is -2.13. The Hall–Kier alpha value is -2.20. The molecule has 0 heterocycles. The summed E-state index contributed by atoms with van der Waals surface area (Å²) < 4.78 is 94.7. The third-order valence-electron chi connectivity index (χ3n) is 3.76. The third kappa shape index (κ3) is 5.95. The van der Waals surface area contributed by atoms with Crippen LogP contribution in [0.4, 0.5) is 0 Å². The molecule has 2 aromatic rings. The fourth-order valence-corrected chi connectivity index (χ4v) is 2.11. The van der Waals surface area contributed by atoms with Crippen LogP contribution in [0.2, 0.25) is 0 Å². The van der Waals surface area contributed by atoms with Crippen molar-refractivity contribution in [2.75, 3.05) is 20.8 Å². The molecule has 1 N–H and O–H groups in total. The van der Waals surface area contributed by atoms with E-state index in [0.29, 0.717) is 11.1 Å². The number of ether oxygens (including phenoxy) is 3. The van der Waals surface area contributed by atoms with Crippen LogP contribution in [-0.2, 0) is 6.37 Å². The minimum atomic E-state index is -2.82. The molecule has 0 aliphatic heterocycles. The lowest BCUT2D eigenvalue weighted by atomic mass is 10.0. The second kappa shape index (κ2) is 10.1. The maximum absolute atomic E-state index is 10.3. The third-order valence-corrected chi connectivity index (χ3v) is 3.76. The van der Waals surface area contributed by atoms with Gasteiger partial charge in [0.05, 0.1) is 28.5 Å². The lowest BCUT2D eigenvalue weighted by Crippen LogP contribution is -2.17. The van der Waals surface area contributed by atoms with Crippen LogP contribution in [0.5, 0.6) is 17.2 Å². The van der Waals surface area contributed by atoms with Gasteiger partial charge in [0, 0.05) is 5.48 Å². The number of hydrogen-bond donors (Lipinski definition) is 1. The number of benzene rings is 2. The van der Waals surface area contributed by atoms with Crippen LogP contribution in [0.15, 0.2) is 36.3 Å². The lowest BCUT2D eigenvalue weighted by molar-refractivity contribution is 0.0976. The molecule has 0 bridgehead atoms. The van der Waals surface area contributed by atoms with Gasteiger partial charge >= 0.3 is 0 Å². The van der Waals surface area contributed by atoms with Crippen molar-refractivity contribution in [1.29, 1.82) is 0 Å². The first-order chi connectivity index (χ1) is 16.4. The van der Waals surface area contributed by atoms with Crippen LogP contribution >= 0.6 is 0 Å². The molecule has 0 radical (unpaired) electrons. The molecule has 0 aromatic heterocycles. The SMILES string of the molecule is [2H]c1c([2H])c(OCC(O)CCC([2H])([2H])C([2H])([2H])c2ccc(OC)c(OC([2H])([2H])[2H])c2)c([2H])c(C)c1C. The van der Waals surface area contributed by atoms with Crippen molar-refractivity contribution in [1.82, 2.24) is 0 Å². The Morgan fingerprint density at radius 3 is 2.81 bits per heavy atom. The highest BCUT2D eigenvalue weighted by atomic mass is 16.5. The van der Waals surface area contributed by atoms with Gasteiger partial charge in [-0.25, -0.2) is 0 Å². The average Bonchev–Trinajstić information content (AvgIpc) is 2.79. The normalized spacial score (nSPS) is 19.1. The zero-order chi connectivity index (χ0) is 27.6. The van der Waals surface area contributed by atoms with Gasteiger partial charge in [-0.1, -0.05) is 18.5 Å². The zero-order valence-electron chi connectivity index (χ0n) is 25.1. The number of aliphatic hydroxyl groups is 1. The summed E-state index contributed by atoms with van der Waals surface area (Å²) in [6, 6.07) is 3.20. The van der Waals surface area contributed by atoms with E-state index in [2.05, 4.69) is 0 Å². The van der Waals surface area contributed by atoms with Crippen molar-refractivity contribution in [3.63, 3.8) is 0 Å². The van der Waals surface area contributed by atoms with E-state index in [1.54, 1.807) is 13.8 Å². The van der Waals surface area contributed by atoms with Crippen molar-refractivity contribution in [2.24, 2.45) is 0 Å². The van der Waals surface area contributed by atoms with E-state index in [0.717, 1.165) is 6.07 Å². The van der Waals surface area contributed by atoms with Crippen molar-refractivity contribution in [3.8, 4) is 17.2 Å². The number of aryl methyl sites for hydroxylation is 1. The highest BCUT2D eigenvalue weighted by Crippen LogP contribution is 2.28. The van der Waals surface area contributed by atoms with Gasteiger partial charge in [-0.05, 0) is 73.9 Å². The monoisotopic (exact) mass is 368 g/mol. The van der Waals surface area contributed by atoms with Gasteiger partial charge in [-0.2, -0.15) is 0 Å². The molecule has 4 heteroatoms. The second-order valence-corrected chi connectivity index (χ2v) is 5.73. The van der Waals surface area contributed by atoms with Crippen molar-refractivity contribution in [2.45, 2.75) is 45.5 Å². The highest BCUT2D eigenvalue weighted by Gasteiger charge is 2.07.